The van der Waals surface area contributed by atoms with Crippen LogP contribution in [0.15, 0.2) is 24.3 Å². The Morgan fingerprint density at radius 3 is 2.30 bits per heavy atom. The summed E-state index contributed by atoms with van der Waals surface area (Å²) >= 11 is 0. The SMILES string of the molecule is CCC(C)c1ccc(OCC(O)CNCC(C)C)cc1. The van der Waals surface area contributed by atoms with Gasteiger partial charge in [0.2, 0.25) is 0 Å². The Morgan fingerprint density at radius 1 is 1.10 bits per heavy atom. The first-order valence-electron chi connectivity index (χ1n) is 7.64. The van der Waals surface area contributed by atoms with Crippen LogP contribution in [0.4, 0.5) is 0 Å². The lowest BCUT2D eigenvalue weighted by Crippen LogP contribution is -2.33. The molecule has 0 saturated carbocycles. The number of benzene rings is 1. The molecule has 0 spiro atoms. The molecule has 1 rings (SSSR count). The van der Waals surface area contributed by atoms with Crippen LogP contribution in [-0.2, 0) is 0 Å². The number of nitrogens with one attached hydrogen (secondary N) is 1. The Balaban J connectivity index is 2.30. The van der Waals surface area contributed by atoms with Crippen molar-refractivity contribution >= 4 is 0 Å². The van der Waals surface area contributed by atoms with Crippen molar-refractivity contribution in [3.05, 3.63) is 29.8 Å². The van der Waals surface area contributed by atoms with E-state index in [1.165, 1.54) is 5.56 Å². The monoisotopic (exact) mass is 279 g/mol. The second-order valence-electron chi connectivity index (χ2n) is 5.90. The third-order valence-corrected chi connectivity index (χ3v) is 3.44. The van der Waals surface area contributed by atoms with Gasteiger partial charge in [-0.3, -0.25) is 0 Å². The fraction of sp³-hybridized carbons (Fsp3) is 0.647. The Hall–Kier alpha value is -1.06. The predicted molar refractivity (Wildman–Crippen MR) is 84.4 cm³/mol. The zero-order valence-corrected chi connectivity index (χ0v) is 13.2. The van der Waals surface area contributed by atoms with E-state index in [4.69, 9.17) is 4.74 Å². The van der Waals surface area contributed by atoms with E-state index in [1.54, 1.807) is 0 Å². The van der Waals surface area contributed by atoms with E-state index in [9.17, 15) is 5.11 Å². The molecule has 0 aromatic heterocycles. The van der Waals surface area contributed by atoms with Crippen molar-refractivity contribution in [2.45, 2.75) is 46.1 Å². The zero-order valence-electron chi connectivity index (χ0n) is 13.2. The zero-order chi connectivity index (χ0) is 15.0. The molecule has 2 unspecified atom stereocenters. The van der Waals surface area contributed by atoms with Crippen LogP contribution in [-0.4, -0.2) is 30.9 Å². The molecule has 0 aliphatic rings. The van der Waals surface area contributed by atoms with E-state index in [1.807, 2.05) is 12.1 Å². The Kier molecular flexibility index (Phi) is 7.63. The third kappa shape index (κ3) is 6.40. The Labute approximate surface area is 123 Å². The minimum atomic E-state index is -0.469. The Morgan fingerprint density at radius 2 is 1.75 bits per heavy atom. The summed E-state index contributed by atoms with van der Waals surface area (Å²) in [5, 5.41) is 13.0. The minimum absolute atomic E-state index is 0.327. The van der Waals surface area contributed by atoms with Crippen molar-refractivity contribution in [3.63, 3.8) is 0 Å². The van der Waals surface area contributed by atoms with Gasteiger partial charge in [-0.25, -0.2) is 0 Å². The fourth-order valence-corrected chi connectivity index (χ4v) is 1.92. The number of ether oxygens (including phenoxy) is 1. The van der Waals surface area contributed by atoms with Crippen LogP contribution in [0.2, 0.25) is 0 Å². The van der Waals surface area contributed by atoms with Crippen LogP contribution in [0, 0.1) is 5.92 Å². The first-order chi connectivity index (χ1) is 9.52. The molecular weight excluding hydrogens is 250 g/mol. The fourth-order valence-electron chi connectivity index (χ4n) is 1.92. The summed E-state index contributed by atoms with van der Waals surface area (Å²) < 4.78 is 5.60. The summed E-state index contributed by atoms with van der Waals surface area (Å²) in [6.45, 7) is 10.5. The van der Waals surface area contributed by atoms with Gasteiger partial charge in [0, 0.05) is 6.54 Å². The molecule has 0 aliphatic heterocycles. The van der Waals surface area contributed by atoms with Crippen molar-refractivity contribution in [1.29, 1.82) is 0 Å². The molecule has 3 heteroatoms. The quantitative estimate of drug-likeness (QED) is 0.729. The van der Waals surface area contributed by atoms with Crippen LogP contribution in [0.25, 0.3) is 0 Å². The largest absolute Gasteiger partial charge is 0.491 e. The molecule has 0 heterocycles. The standard InChI is InChI=1S/C17H29NO2/c1-5-14(4)15-6-8-17(9-7-15)20-12-16(19)11-18-10-13(2)3/h6-9,13-14,16,18-19H,5,10-12H2,1-4H3. The summed E-state index contributed by atoms with van der Waals surface area (Å²) in [6, 6.07) is 8.17. The Bertz CT molecular complexity index is 362. The first-order valence-corrected chi connectivity index (χ1v) is 7.64. The van der Waals surface area contributed by atoms with Gasteiger partial charge in [0.15, 0.2) is 0 Å². The summed E-state index contributed by atoms with van der Waals surface area (Å²) in [4.78, 5) is 0. The van der Waals surface area contributed by atoms with Gasteiger partial charge in [0.1, 0.15) is 18.5 Å². The number of rotatable bonds is 9. The van der Waals surface area contributed by atoms with Crippen LogP contribution >= 0.6 is 0 Å². The molecule has 0 fully saturated rings. The maximum atomic E-state index is 9.82. The number of hydrogen-bond acceptors (Lipinski definition) is 3. The van der Waals surface area contributed by atoms with E-state index < -0.39 is 6.10 Å². The molecule has 0 amide bonds. The lowest BCUT2D eigenvalue weighted by molar-refractivity contribution is 0.106. The highest BCUT2D eigenvalue weighted by atomic mass is 16.5. The lowest BCUT2D eigenvalue weighted by Gasteiger charge is -2.15. The van der Waals surface area contributed by atoms with Gasteiger partial charge in [-0.15, -0.1) is 0 Å². The van der Waals surface area contributed by atoms with Crippen molar-refractivity contribution in [3.8, 4) is 5.75 Å². The highest BCUT2D eigenvalue weighted by Crippen LogP contribution is 2.21. The molecule has 0 aliphatic carbocycles. The molecule has 2 atom stereocenters. The summed E-state index contributed by atoms with van der Waals surface area (Å²) in [5.41, 5.74) is 1.33. The number of aliphatic hydroxyl groups excluding tert-OH is 1. The van der Waals surface area contributed by atoms with Crippen molar-refractivity contribution in [1.82, 2.24) is 5.32 Å². The molecule has 0 saturated heterocycles. The maximum absolute atomic E-state index is 9.82. The van der Waals surface area contributed by atoms with Gasteiger partial charge < -0.3 is 15.2 Å². The van der Waals surface area contributed by atoms with Gasteiger partial charge >= 0.3 is 0 Å². The van der Waals surface area contributed by atoms with E-state index >= 15 is 0 Å². The van der Waals surface area contributed by atoms with Crippen molar-refractivity contribution < 1.29 is 9.84 Å². The molecule has 1 aromatic rings. The second kappa shape index (κ2) is 8.98. The van der Waals surface area contributed by atoms with Gasteiger partial charge in [-0.05, 0) is 42.5 Å². The average molecular weight is 279 g/mol. The lowest BCUT2D eigenvalue weighted by atomic mass is 9.99. The van der Waals surface area contributed by atoms with Gasteiger partial charge in [0.05, 0.1) is 0 Å². The molecule has 2 N–H and O–H groups in total. The van der Waals surface area contributed by atoms with Gasteiger partial charge in [-0.1, -0.05) is 39.8 Å². The van der Waals surface area contributed by atoms with Crippen LogP contribution in [0.1, 0.15) is 45.6 Å². The normalized spacial score (nSPS) is 14.3. The third-order valence-electron chi connectivity index (χ3n) is 3.44. The summed E-state index contributed by atoms with van der Waals surface area (Å²) in [5.74, 6) is 1.99. The van der Waals surface area contributed by atoms with Gasteiger partial charge in [-0.2, -0.15) is 0 Å². The van der Waals surface area contributed by atoms with E-state index in [-0.39, 0.29) is 0 Å². The number of hydrogen-bond donors (Lipinski definition) is 2. The van der Waals surface area contributed by atoms with Crippen molar-refractivity contribution in [2.24, 2.45) is 5.92 Å². The maximum Gasteiger partial charge on any atom is 0.119 e. The minimum Gasteiger partial charge on any atom is -0.491 e. The molecular formula is C17H29NO2. The molecule has 114 valence electrons. The van der Waals surface area contributed by atoms with E-state index in [2.05, 4.69) is 45.1 Å². The number of aliphatic hydroxyl groups is 1. The van der Waals surface area contributed by atoms with Crippen LogP contribution in [0.3, 0.4) is 0 Å². The summed E-state index contributed by atoms with van der Waals surface area (Å²) in [6.07, 6.45) is 0.670. The van der Waals surface area contributed by atoms with E-state index in [0.29, 0.717) is 25.0 Å². The smallest absolute Gasteiger partial charge is 0.119 e. The van der Waals surface area contributed by atoms with E-state index in [0.717, 1.165) is 18.7 Å². The average Bonchev–Trinajstić information content (AvgIpc) is 2.44. The highest BCUT2D eigenvalue weighted by molar-refractivity contribution is 5.29. The summed E-state index contributed by atoms with van der Waals surface area (Å²) in [7, 11) is 0. The first kappa shape index (κ1) is 17.0. The highest BCUT2D eigenvalue weighted by Gasteiger charge is 2.06. The molecule has 3 nitrogen and oxygen atoms in total. The molecule has 0 bridgehead atoms. The van der Waals surface area contributed by atoms with Crippen LogP contribution < -0.4 is 10.1 Å². The second-order valence-corrected chi connectivity index (χ2v) is 5.90. The molecule has 20 heavy (non-hydrogen) atoms. The molecule has 1 aromatic carbocycles. The van der Waals surface area contributed by atoms with Crippen LogP contribution in [0.5, 0.6) is 5.75 Å². The molecule has 0 radical (unpaired) electrons. The topological polar surface area (TPSA) is 41.5 Å². The van der Waals surface area contributed by atoms with Crippen molar-refractivity contribution in [2.75, 3.05) is 19.7 Å². The predicted octanol–water partition coefficient (Wildman–Crippen LogP) is 3.19. The van der Waals surface area contributed by atoms with Gasteiger partial charge in [0.25, 0.3) is 0 Å².